The number of epoxide rings is 1. The van der Waals surface area contributed by atoms with Crippen molar-refractivity contribution in [3.8, 4) is 0 Å². The first-order valence-electron chi connectivity index (χ1n) is 10.8. The van der Waals surface area contributed by atoms with Gasteiger partial charge < -0.3 is 14.7 Å². The highest BCUT2D eigenvalue weighted by Gasteiger charge is 2.53. The monoisotopic (exact) mass is 429 g/mol. The standard InChI is InChI=1S/C23H31N3O5/c1-17(2)10-12-26(21(27)19-20(31-19)22(28)29)23(30)25-15-13-24(14-16-25)11-6-9-18-7-4-3-5-8-18/h3-9,17,19-20H,10-16H2,1-2H3,(H,28,29)/t19-,20-/m0/s1. The van der Waals surface area contributed by atoms with Gasteiger partial charge in [-0.1, -0.05) is 56.3 Å². The first-order valence-corrected chi connectivity index (χ1v) is 10.8. The van der Waals surface area contributed by atoms with Crippen LogP contribution in [0.25, 0.3) is 6.08 Å². The number of carboxylic acids is 1. The third-order valence-corrected chi connectivity index (χ3v) is 5.52. The van der Waals surface area contributed by atoms with Crippen molar-refractivity contribution in [3.05, 3.63) is 42.0 Å². The Morgan fingerprint density at radius 2 is 1.81 bits per heavy atom. The van der Waals surface area contributed by atoms with Crippen LogP contribution in [0.5, 0.6) is 0 Å². The predicted molar refractivity (Wildman–Crippen MR) is 116 cm³/mol. The lowest BCUT2D eigenvalue weighted by atomic mass is 10.1. The van der Waals surface area contributed by atoms with Gasteiger partial charge in [-0.2, -0.15) is 0 Å². The Kier molecular flexibility index (Phi) is 7.81. The Morgan fingerprint density at radius 3 is 2.39 bits per heavy atom. The molecule has 1 aromatic rings. The SMILES string of the molecule is CC(C)CCN(C(=O)[C@H]1O[C@@H]1C(=O)O)C(=O)N1CCN(CC=Cc2ccccc2)CC1. The number of carbonyl (C=O) groups excluding carboxylic acids is 2. The van der Waals surface area contributed by atoms with E-state index in [2.05, 4.69) is 17.1 Å². The molecule has 0 aromatic heterocycles. The molecule has 3 rings (SSSR count). The summed E-state index contributed by atoms with van der Waals surface area (Å²) in [6.45, 7) is 7.58. The van der Waals surface area contributed by atoms with Crippen LogP contribution in [0.3, 0.4) is 0 Å². The molecule has 2 heterocycles. The molecule has 2 saturated heterocycles. The Hall–Kier alpha value is -2.71. The summed E-state index contributed by atoms with van der Waals surface area (Å²) in [7, 11) is 0. The molecule has 8 nitrogen and oxygen atoms in total. The molecule has 8 heteroatoms. The fraction of sp³-hybridized carbons (Fsp3) is 0.522. The van der Waals surface area contributed by atoms with Gasteiger partial charge in [0.1, 0.15) is 0 Å². The van der Waals surface area contributed by atoms with Crippen molar-refractivity contribution >= 4 is 24.0 Å². The summed E-state index contributed by atoms with van der Waals surface area (Å²) >= 11 is 0. The van der Waals surface area contributed by atoms with Gasteiger partial charge in [-0.25, -0.2) is 9.59 Å². The molecule has 31 heavy (non-hydrogen) atoms. The summed E-state index contributed by atoms with van der Waals surface area (Å²) in [5.74, 6) is -1.41. The smallest absolute Gasteiger partial charge is 0.336 e. The second-order valence-electron chi connectivity index (χ2n) is 8.37. The summed E-state index contributed by atoms with van der Waals surface area (Å²) in [6.07, 6.45) is 2.65. The summed E-state index contributed by atoms with van der Waals surface area (Å²) in [5, 5.41) is 9.03. The van der Waals surface area contributed by atoms with Crippen LogP contribution in [0.15, 0.2) is 36.4 Å². The van der Waals surface area contributed by atoms with Gasteiger partial charge in [0.15, 0.2) is 12.2 Å². The number of benzene rings is 1. The molecule has 1 N–H and O–H groups in total. The zero-order valence-corrected chi connectivity index (χ0v) is 18.1. The zero-order chi connectivity index (χ0) is 22.4. The van der Waals surface area contributed by atoms with Crippen molar-refractivity contribution < 1.29 is 24.2 Å². The van der Waals surface area contributed by atoms with Crippen LogP contribution in [-0.4, -0.2) is 89.2 Å². The van der Waals surface area contributed by atoms with Gasteiger partial charge in [0.25, 0.3) is 5.91 Å². The van der Waals surface area contributed by atoms with Gasteiger partial charge in [0.2, 0.25) is 0 Å². The molecule has 0 radical (unpaired) electrons. The molecule has 0 unspecified atom stereocenters. The largest absolute Gasteiger partial charge is 0.479 e. The van der Waals surface area contributed by atoms with Crippen molar-refractivity contribution in [2.75, 3.05) is 39.3 Å². The number of hydrogen-bond acceptors (Lipinski definition) is 5. The number of imide groups is 1. The number of ether oxygens (including phenoxy) is 1. The highest BCUT2D eigenvalue weighted by Crippen LogP contribution is 2.25. The second-order valence-corrected chi connectivity index (χ2v) is 8.37. The summed E-state index contributed by atoms with van der Waals surface area (Å²) < 4.78 is 4.99. The minimum absolute atomic E-state index is 0.265. The highest BCUT2D eigenvalue weighted by atomic mass is 16.6. The lowest BCUT2D eigenvalue weighted by molar-refractivity contribution is -0.139. The summed E-state index contributed by atoms with van der Waals surface area (Å²) in [5.41, 5.74) is 1.15. The lowest BCUT2D eigenvalue weighted by Crippen LogP contribution is -2.55. The fourth-order valence-corrected chi connectivity index (χ4v) is 3.52. The molecule has 0 spiro atoms. The maximum atomic E-state index is 13.1. The van der Waals surface area contributed by atoms with E-state index in [4.69, 9.17) is 9.84 Å². The number of rotatable bonds is 8. The van der Waals surface area contributed by atoms with Crippen molar-refractivity contribution in [2.24, 2.45) is 5.92 Å². The average molecular weight is 430 g/mol. The van der Waals surface area contributed by atoms with Crippen LogP contribution in [0, 0.1) is 5.92 Å². The number of urea groups is 1. The predicted octanol–water partition coefficient (Wildman–Crippen LogP) is 2.16. The van der Waals surface area contributed by atoms with Crippen molar-refractivity contribution in [2.45, 2.75) is 32.5 Å². The molecule has 3 amide bonds. The van der Waals surface area contributed by atoms with E-state index >= 15 is 0 Å². The summed E-state index contributed by atoms with van der Waals surface area (Å²) in [6, 6.07) is 9.73. The van der Waals surface area contributed by atoms with Gasteiger partial charge in [-0.05, 0) is 17.9 Å². The topological polar surface area (TPSA) is 93.7 Å². The number of hydrogen-bond donors (Lipinski definition) is 1. The molecule has 1 aromatic carbocycles. The second kappa shape index (κ2) is 10.5. The Balaban J connectivity index is 1.52. The first kappa shape index (κ1) is 23.0. The third kappa shape index (κ3) is 6.38. The molecule has 2 atom stereocenters. The Morgan fingerprint density at radius 1 is 1.13 bits per heavy atom. The molecular weight excluding hydrogens is 398 g/mol. The van der Waals surface area contributed by atoms with Crippen LogP contribution in [0.4, 0.5) is 4.79 Å². The minimum Gasteiger partial charge on any atom is -0.479 e. The minimum atomic E-state index is -1.17. The maximum Gasteiger partial charge on any atom is 0.336 e. The highest BCUT2D eigenvalue weighted by molar-refractivity contribution is 6.01. The van der Waals surface area contributed by atoms with Crippen molar-refractivity contribution in [1.82, 2.24) is 14.7 Å². The van der Waals surface area contributed by atoms with Gasteiger partial charge in [0.05, 0.1) is 0 Å². The van der Waals surface area contributed by atoms with Gasteiger partial charge in [0, 0.05) is 39.3 Å². The number of amides is 3. The quantitative estimate of drug-likeness (QED) is 0.637. The van der Waals surface area contributed by atoms with Crippen LogP contribution < -0.4 is 0 Å². The zero-order valence-electron chi connectivity index (χ0n) is 18.1. The molecule has 2 aliphatic rings. The van der Waals surface area contributed by atoms with Crippen molar-refractivity contribution in [1.29, 1.82) is 0 Å². The van der Waals surface area contributed by atoms with Crippen LogP contribution in [-0.2, 0) is 14.3 Å². The lowest BCUT2D eigenvalue weighted by Gasteiger charge is -2.36. The van der Waals surface area contributed by atoms with Gasteiger partial charge in [-0.15, -0.1) is 0 Å². The van der Waals surface area contributed by atoms with Crippen LogP contribution >= 0.6 is 0 Å². The van der Waals surface area contributed by atoms with E-state index in [1.807, 2.05) is 44.2 Å². The summed E-state index contributed by atoms with van der Waals surface area (Å²) in [4.78, 5) is 41.9. The number of carboxylic acid groups (broad SMARTS) is 1. The van der Waals surface area contributed by atoms with E-state index < -0.39 is 24.1 Å². The van der Waals surface area contributed by atoms with Gasteiger partial charge in [-0.3, -0.25) is 14.6 Å². The van der Waals surface area contributed by atoms with Crippen LogP contribution in [0.2, 0.25) is 0 Å². The van der Waals surface area contributed by atoms with E-state index in [0.29, 0.717) is 25.4 Å². The molecular formula is C23H31N3O5. The Bertz CT molecular complexity index is 803. The van der Waals surface area contributed by atoms with E-state index in [1.54, 1.807) is 4.90 Å². The van der Waals surface area contributed by atoms with Crippen LogP contribution in [0.1, 0.15) is 25.8 Å². The van der Waals surface area contributed by atoms with Crippen molar-refractivity contribution in [3.63, 3.8) is 0 Å². The molecule has 2 fully saturated rings. The average Bonchev–Trinajstić information content (AvgIpc) is 3.56. The number of carbonyl (C=O) groups is 3. The van der Waals surface area contributed by atoms with E-state index in [0.717, 1.165) is 25.2 Å². The van der Waals surface area contributed by atoms with E-state index in [-0.39, 0.29) is 12.6 Å². The molecule has 0 saturated carbocycles. The normalized spacial score (nSPS) is 21.5. The molecule has 0 aliphatic carbocycles. The maximum absolute atomic E-state index is 13.1. The third-order valence-electron chi connectivity index (χ3n) is 5.52. The van der Waals surface area contributed by atoms with E-state index in [9.17, 15) is 14.4 Å². The number of piperazine rings is 1. The van der Waals surface area contributed by atoms with Gasteiger partial charge >= 0.3 is 12.0 Å². The molecule has 2 aliphatic heterocycles. The Labute approximate surface area is 183 Å². The van der Waals surface area contributed by atoms with E-state index in [1.165, 1.54) is 4.90 Å². The molecule has 168 valence electrons. The first-order chi connectivity index (χ1) is 14.9. The number of aliphatic carboxylic acids is 1. The molecule has 0 bridgehead atoms. The number of nitrogens with zero attached hydrogens (tertiary/aromatic N) is 3. The fourth-order valence-electron chi connectivity index (χ4n) is 3.52.